The first-order valence-corrected chi connectivity index (χ1v) is 10.1. The number of rotatable bonds is 3. The molecule has 0 unspecified atom stereocenters. The first-order valence-electron chi connectivity index (χ1n) is 10.1. The van der Waals surface area contributed by atoms with Crippen molar-refractivity contribution in [1.82, 2.24) is 9.97 Å². The number of hydrogen-bond acceptors (Lipinski definition) is 4. The second-order valence-electron chi connectivity index (χ2n) is 7.08. The number of carbonyl (C=O) groups excluding carboxylic acids is 1. The fourth-order valence-electron chi connectivity index (χ4n) is 3.37. The quantitative estimate of drug-likeness (QED) is 0.315. The van der Waals surface area contributed by atoms with E-state index in [9.17, 15) is 9.59 Å². The van der Waals surface area contributed by atoms with Crippen molar-refractivity contribution in [1.29, 1.82) is 0 Å². The maximum atomic E-state index is 12.0. The van der Waals surface area contributed by atoms with Gasteiger partial charge >= 0.3 is 5.69 Å². The van der Waals surface area contributed by atoms with Gasteiger partial charge < -0.3 is 10.7 Å². The largest absolute Gasteiger partial charge is 0.398 e. The minimum atomic E-state index is -0.317. The summed E-state index contributed by atoms with van der Waals surface area (Å²) in [5.41, 5.74) is 9.65. The highest BCUT2D eigenvalue weighted by Crippen LogP contribution is 2.23. The van der Waals surface area contributed by atoms with Crippen LogP contribution in [0.25, 0.3) is 22.2 Å². The van der Waals surface area contributed by atoms with Gasteiger partial charge in [-0.15, -0.1) is 0 Å². The molecule has 0 aliphatic rings. The molecule has 0 saturated heterocycles. The van der Waals surface area contributed by atoms with Gasteiger partial charge in [-0.2, -0.15) is 4.98 Å². The molecule has 1 aromatic heterocycles. The first-order chi connectivity index (χ1) is 15.6. The van der Waals surface area contributed by atoms with Crippen LogP contribution in [0.1, 0.15) is 15.9 Å². The third kappa shape index (κ3) is 4.63. The lowest BCUT2D eigenvalue weighted by Gasteiger charge is -2.04. The number of fused-ring (bicyclic) bond motifs is 1. The van der Waals surface area contributed by atoms with Crippen LogP contribution >= 0.6 is 0 Å². The molecule has 4 aromatic carbocycles. The Hall–Kier alpha value is -4.51. The van der Waals surface area contributed by atoms with Crippen molar-refractivity contribution in [3.8, 4) is 11.3 Å². The molecular formula is C27H21N3O2. The number of hydrogen-bond donors (Lipinski definition) is 2. The number of nitrogens with one attached hydrogen (secondary N) is 1. The number of carbonyl (C=O) groups is 1. The maximum absolute atomic E-state index is 12.0. The molecular weight excluding hydrogens is 398 g/mol. The zero-order chi connectivity index (χ0) is 22.3. The zero-order valence-electron chi connectivity index (χ0n) is 17.2. The Morgan fingerprint density at radius 3 is 2.03 bits per heavy atom. The van der Waals surface area contributed by atoms with Gasteiger partial charge in [0.15, 0.2) is 5.78 Å². The Labute approximate surface area is 185 Å². The van der Waals surface area contributed by atoms with Crippen LogP contribution in [0, 0.1) is 0 Å². The molecule has 3 N–H and O–H groups in total. The molecule has 0 aliphatic carbocycles. The van der Waals surface area contributed by atoms with E-state index in [-0.39, 0.29) is 11.5 Å². The van der Waals surface area contributed by atoms with Gasteiger partial charge in [-0.3, -0.25) is 4.79 Å². The van der Waals surface area contributed by atoms with Crippen molar-refractivity contribution in [3.63, 3.8) is 0 Å². The van der Waals surface area contributed by atoms with Crippen molar-refractivity contribution in [2.45, 2.75) is 0 Å². The molecule has 0 spiro atoms. The predicted molar refractivity (Wildman–Crippen MR) is 129 cm³/mol. The van der Waals surface area contributed by atoms with E-state index in [1.165, 1.54) is 0 Å². The zero-order valence-corrected chi connectivity index (χ0v) is 17.2. The number of para-hydroxylation sites is 2. The smallest absolute Gasteiger partial charge is 0.345 e. The lowest BCUT2D eigenvalue weighted by Crippen LogP contribution is -2.11. The van der Waals surface area contributed by atoms with E-state index in [0.717, 1.165) is 22.2 Å². The molecule has 0 saturated carbocycles. The van der Waals surface area contributed by atoms with Crippen molar-refractivity contribution in [2.75, 3.05) is 5.73 Å². The summed E-state index contributed by atoms with van der Waals surface area (Å²) in [6.45, 7) is 0. The minimum absolute atomic E-state index is 0.0336. The van der Waals surface area contributed by atoms with Crippen LogP contribution < -0.4 is 11.4 Å². The number of aromatic nitrogens is 2. The highest BCUT2D eigenvalue weighted by molar-refractivity contribution is 6.12. The molecule has 5 rings (SSSR count). The lowest BCUT2D eigenvalue weighted by molar-refractivity contribution is 0.103. The van der Waals surface area contributed by atoms with Crippen molar-refractivity contribution < 1.29 is 4.79 Å². The number of ketones is 1. The van der Waals surface area contributed by atoms with Crippen LogP contribution in [0.2, 0.25) is 0 Å². The number of H-pyrrole nitrogens is 1. The molecule has 0 amide bonds. The van der Waals surface area contributed by atoms with Crippen LogP contribution in [0.15, 0.2) is 114 Å². The number of nitrogen functional groups attached to an aromatic ring is 1. The molecule has 5 heteroatoms. The van der Waals surface area contributed by atoms with Gasteiger partial charge in [-0.05, 0) is 18.2 Å². The Morgan fingerprint density at radius 2 is 1.31 bits per heavy atom. The Bertz CT molecular complexity index is 1410. The fourth-order valence-corrected chi connectivity index (χ4v) is 3.37. The molecule has 0 fully saturated rings. The van der Waals surface area contributed by atoms with E-state index in [1.807, 2.05) is 84.9 Å². The number of nitrogens with two attached hydrogens (primary N) is 1. The molecule has 5 nitrogen and oxygen atoms in total. The lowest BCUT2D eigenvalue weighted by atomic mass is 10.0. The summed E-state index contributed by atoms with van der Waals surface area (Å²) in [5.74, 6) is -0.0336. The topological polar surface area (TPSA) is 88.8 Å². The number of benzene rings is 4. The van der Waals surface area contributed by atoms with Gasteiger partial charge in [0.1, 0.15) is 0 Å². The van der Waals surface area contributed by atoms with E-state index >= 15 is 0 Å². The standard InChI is InChI=1S/C14H10N2O.C13H11NO/c17-14-15-12-9-5-4-8-11(12)13(16-14)10-6-2-1-3-7-10;14-12-9-5-4-8-11(12)13(15)10-6-2-1-3-7-10/h1-9H,(H,15,16,17);1-9H,14H2. The van der Waals surface area contributed by atoms with Crippen LogP contribution in [-0.2, 0) is 0 Å². The SMILES string of the molecule is Nc1ccccc1C(=O)c1ccccc1.O=c1nc(-c2ccccc2)c2ccccc2[nH]1. The molecule has 0 radical (unpaired) electrons. The van der Waals surface area contributed by atoms with E-state index in [2.05, 4.69) is 9.97 Å². The molecule has 0 aliphatic heterocycles. The molecule has 32 heavy (non-hydrogen) atoms. The van der Waals surface area contributed by atoms with Gasteiger partial charge in [-0.25, -0.2) is 4.79 Å². The number of anilines is 1. The summed E-state index contributed by atoms with van der Waals surface area (Å²) < 4.78 is 0. The Balaban J connectivity index is 0.000000155. The summed E-state index contributed by atoms with van der Waals surface area (Å²) in [6, 6.07) is 33.6. The Kier molecular flexibility index (Phi) is 6.18. The predicted octanol–water partition coefficient (Wildman–Crippen LogP) is 5.09. The van der Waals surface area contributed by atoms with Gasteiger partial charge in [0.2, 0.25) is 0 Å². The summed E-state index contributed by atoms with van der Waals surface area (Å²) in [7, 11) is 0. The van der Waals surface area contributed by atoms with Crippen molar-refractivity contribution >= 4 is 22.4 Å². The number of nitrogens with zero attached hydrogens (tertiary/aromatic N) is 1. The Morgan fingerprint density at radius 1 is 0.719 bits per heavy atom. The minimum Gasteiger partial charge on any atom is -0.398 e. The van der Waals surface area contributed by atoms with E-state index in [0.29, 0.717) is 16.8 Å². The summed E-state index contributed by atoms with van der Waals surface area (Å²) in [6.07, 6.45) is 0. The fraction of sp³-hybridized carbons (Fsp3) is 0. The first kappa shape index (κ1) is 20.8. The van der Waals surface area contributed by atoms with Crippen LogP contribution in [0.4, 0.5) is 5.69 Å². The summed E-state index contributed by atoms with van der Waals surface area (Å²) >= 11 is 0. The maximum Gasteiger partial charge on any atom is 0.345 e. The normalized spacial score (nSPS) is 10.2. The monoisotopic (exact) mass is 419 g/mol. The van der Waals surface area contributed by atoms with E-state index in [1.54, 1.807) is 24.3 Å². The van der Waals surface area contributed by atoms with Gasteiger partial charge in [-0.1, -0.05) is 91.0 Å². The highest BCUT2D eigenvalue weighted by Gasteiger charge is 2.10. The van der Waals surface area contributed by atoms with E-state index < -0.39 is 0 Å². The van der Waals surface area contributed by atoms with Crippen LogP contribution in [0.3, 0.4) is 0 Å². The second kappa shape index (κ2) is 9.53. The molecule has 5 aromatic rings. The number of aromatic amines is 1. The van der Waals surface area contributed by atoms with Crippen LogP contribution in [-0.4, -0.2) is 15.8 Å². The molecule has 1 heterocycles. The summed E-state index contributed by atoms with van der Waals surface area (Å²) in [4.78, 5) is 30.3. The summed E-state index contributed by atoms with van der Waals surface area (Å²) in [5, 5.41) is 0.957. The average molecular weight is 419 g/mol. The average Bonchev–Trinajstić information content (AvgIpc) is 2.85. The van der Waals surface area contributed by atoms with Gasteiger partial charge in [0.05, 0.1) is 11.2 Å². The highest BCUT2D eigenvalue weighted by atomic mass is 16.1. The van der Waals surface area contributed by atoms with E-state index in [4.69, 9.17) is 5.73 Å². The van der Waals surface area contributed by atoms with Crippen molar-refractivity contribution in [3.05, 3.63) is 131 Å². The third-order valence-corrected chi connectivity index (χ3v) is 4.93. The molecule has 156 valence electrons. The molecule has 0 atom stereocenters. The van der Waals surface area contributed by atoms with Crippen molar-refractivity contribution in [2.24, 2.45) is 0 Å². The third-order valence-electron chi connectivity index (χ3n) is 4.93. The van der Waals surface area contributed by atoms with Gasteiger partial charge in [0.25, 0.3) is 0 Å². The van der Waals surface area contributed by atoms with Gasteiger partial charge in [0, 0.05) is 27.8 Å². The van der Waals surface area contributed by atoms with Crippen LogP contribution in [0.5, 0.6) is 0 Å². The second-order valence-corrected chi connectivity index (χ2v) is 7.08. The molecule has 0 bridgehead atoms.